The van der Waals surface area contributed by atoms with Crippen LogP contribution in [-0.2, 0) is 26.0 Å². The third kappa shape index (κ3) is 2.84. The number of nitrogens with zero attached hydrogens (tertiary/aromatic N) is 2. The van der Waals surface area contributed by atoms with Crippen molar-refractivity contribution in [2.75, 3.05) is 27.3 Å². The number of hydrogen-bond donors (Lipinski definition) is 1. The minimum absolute atomic E-state index is 0.154. The van der Waals surface area contributed by atoms with Crippen LogP contribution in [-0.4, -0.2) is 57.2 Å². The molecule has 1 saturated heterocycles. The van der Waals surface area contributed by atoms with Crippen LogP contribution in [0, 0.1) is 0 Å². The molecule has 7 nitrogen and oxygen atoms in total. The molecule has 0 aromatic carbocycles. The normalized spacial score (nSPS) is 24.1. The first-order chi connectivity index (χ1) is 9.52. The highest BCUT2D eigenvalue weighted by Gasteiger charge is 2.39. The van der Waals surface area contributed by atoms with Gasteiger partial charge in [-0.3, -0.25) is 4.98 Å². The van der Waals surface area contributed by atoms with Crippen molar-refractivity contribution in [3.63, 3.8) is 0 Å². The molecule has 112 valence electrons. The molecule has 1 aliphatic rings. The van der Waals surface area contributed by atoms with Gasteiger partial charge in [0.05, 0.1) is 17.9 Å². The van der Waals surface area contributed by atoms with E-state index in [0.717, 1.165) is 0 Å². The van der Waals surface area contributed by atoms with Crippen molar-refractivity contribution in [3.8, 4) is 0 Å². The van der Waals surface area contributed by atoms with E-state index in [1.165, 1.54) is 16.6 Å². The number of ether oxygens (including phenoxy) is 2. The molecule has 0 amide bonds. The Hall–Kier alpha value is -1.06. The van der Waals surface area contributed by atoms with Crippen molar-refractivity contribution in [3.05, 3.63) is 24.0 Å². The summed E-state index contributed by atoms with van der Waals surface area (Å²) in [6, 6.07) is 3.14. The van der Waals surface area contributed by atoms with Crippen molar-refractivity contribution in [2.45, 2.75) is 23.6 Å². The number of methoxy groups -OCH3 is 2. The monoisotopic (exact) mass is 301 g/mol. The summed E-state index contributed by atoms with van der Waals surface area (Å²) in [6.45, 7) is 0.827. The van der Waals surface area contributed by atoms with Crippen LogP contribution in [0.25, 0.3) is 0 Å². The second-order valence-corrected chi connectivity index (χ2v) is 6.50. The molecule has 1 aliphatic heterocycles. The van der Waals surface area contributed by atoms with Crippen molar-refractivity contribution in [1.82, 2.24) is 9.29 Å². The highest BCUT2D eigenvalue weighted by atomic mass is 32.2. The van der Waals surface area contributed by atoms with Crippen molar-refractivity contribution in [1.29, 1.82) is 0 Å². The molecule has 0 saturated carbocycles. The van der Waals surface area contributed by atoms with E-state index in [1.807, 2.05) is 0 Å². The smallest absolute Gasteiger partial charge is 0.244 e. The molecule has 20 heavy (non-hydrogen) atoms. The molecule has 2 unspecified atom stereocenters. The predicted molar refractivity (Wildman–Crippen MR) is 72.5 cm³/mol. The molecule has 8 heteroatoms. The summed E-state index contributed by atoms with van der Waals surface area (Å²) in [5.41, 5.74) is 6.10. The van der Waals surface area contributed by atoms with Crippen LogP contribution in [0.1, 0.15) is 5.69 Å². The van der Waals surface area contributed by atoms with Crippen LogP contribution in [0.4, 0.5) is 0 Å². The van der Waals surface area contributed by atoms with E-state index >= 15 is 0 Å². The van der Waals surface area contributed by atoms with Crippen LogP contribution in [0.2, 0.25) is 0 Å². The zero-order valence-electron chi connectivity index (χ0n) is 11.5. The van der Waals surface area contributed by atoms with Crippen LogP contribution in [0.5, 0.6) is 0 Å². The Morgan fingerprint density at radius 3 is 2.30 bits per heavy atom. The molecule has 1 fully saturated rings. The Kier molecular flexibility index (Phi) is 4.71. The average Bonchev–Trinajstić information content (AvgIpc) is 2.91. The molecule has 0 radical (unpaired) electrons. The minimum atomic E-state index is -3.58. The van der Waals surface area contributed by atoms with E-state index in [0.29, 0.717) is 5.69 Å². The molecular weight excluding hydrogens is 282 g/mol. The summed E-state index contributed by atoms with van der Waals surface area (Å²) >= 11 is 0. The second kappa shape index (κ2) is 6.15. The number of nitrogens with two attached hydrogens (primary N) is 1. The zero-order chi connectivity index (χ0) is 14.8. The van der Waals surface area contributed by atoms with Gasteiger partial charge in [0.1, 0.15) is 4.90 Å². The third-order valence-corrected chi connectivity index (χ3v) is 5.25. The number of hydrogen-bond acceptors (Lipinski definition) is 6. The van der Waals surface area contributed by atoms with Gasteiger partial charge in [0, 0.05) is 40.1 Å². The Morgan fingerprint density at radius 1 is 1.30 bits per heavy atom. The Labute approximate surface area is 118 Å². The lowest BCUT2D eigenvalue weighted by atomic mass is 10.3. The van der Waals surface area contributed by atoms with Crippen LogP contribution in [0.3, 0.4) is 0 Å². The summed E-state index contributed by atoms with van der Waals surface area (Å²) in [7, 11) is -0.488. The molecule has 2 rings (SSSR count). The maximum Gasteiger partial charge on any atom is 0.244 e. The lowest BCUT2D eigenvalue weighted by molar-refractivity contribution is -0.00461. The number of sulfonamides is 1. The minimum Gasteiger partial charge on any atom is -0.377 e. The summed E-state index contributed by atoms with van der Waals surface area (Å²) in [5, 5.41) is 0. The van der Waals surface area contributed by atoms with Gasteiger partial charge in [0.25, 0.3) is 0 Å². The van der Waals surface area contributed by atoms with Crippen LogP contribution < -0.4 is 5.73 Å². The van der Waals surface area contributed by atoms with Crippen molar-refractivity contribution >= 4 is 10.0 Å². The van der Waals surface area contributed by atoms with Gasteiger partial charge < -0.3 is 15.2 Å². The zero-order valence-corrected chi connectivity index (χ0v) is 12.3. The highest BCUT2D eigenvalue weighted by molar-refractivity contribution is 7.89. The molecule has 0 bridgehead atoms. The van der Waals surface area contributed by atoms with Gasteiger partial charge in [-0.05, 0) is 12.1 Å². The summed E-state index contributed by atoms with van der Waals surface area (Å²) in [5.74, 6) is 0. The lowest BCUT2D eigenvalue weighted by Gasteiger charge is -2.15. The fourth-order valence-electron chi connectivity index (χ4n) is 2.19. The van der Waals surface area contributed by atoms with E-state index in [9.17, 15) is 8.42 Å². The molecule has 2 atom stereocenters. The fourth-order valence-corrected chi connectivity index (χ4v) is 3.60. The van der Waals surface area contributed by atoms with Gasteiger partial charge >= 0.3 is 0 Å². The maximum absolute atomic E-state index is 12.5. The van der Waals surface area contributed by atoms with E-state index in [2.05, 4.69) is 4.98 Å². The topological polar surface area (TPSA) is 94.8 Å². The molecule has 2 heterocycles. The van der Waals surface area contributed by atoms with Gasteiger partial charge in [0.15, 0.2) is 0 Å². The third-order valence-electron chi connectivity index (χ3n) is 3.43. The van der Waals surface area contributed by atoms with Gasteiger partial charge in [-0.1, -0.05) is 0 Å². The van der Waals surface area contributed by atoms with E-state index in [-0.39, 0.29) is 36.7 Å². The number of rotatable bonds is 5. The first-order valence-electron chi connectivity index (χ1n) is 6.23. The number of pyridine rings is 1. The summed E-state index contributed by atoms with van der Waals surface area (Å²) in [4.78, 5) is 4.17. The molecule has 0 aliphatic carbocycles. The van der Waals surface area contributed by atoms with Crippen molar-refractivity contribution in [2.24, 2.45) is 5.73 Å². The fraction of sp³-hybridized carbons (Fsp3) is 0.583. The van der Waals surface area contributed by atoms with Crippen LogP contribution >= 0.6 is 0 Å². The summed E-state index contributed by atoms with van der Waals surface area (Å²) in [6.07, 6.45) is 0.816. The summed E-state index contributed by atoms with van der Waals surface area (Å²) < 4.78 is 36.9. The Morgan fingerprint density at radius 2 is 1.90 bits per heavy atom. The molecule has 1 aromatic heterocycles. The van der Waals surface area contributed by atoms with E-state index < -0.39 is 10.0 Å². The van der Waals surface area contributed by atoms with E-state index in [4.69, 9.17) is 15.2 Å². The number of aromatic nitrogens is 1. The van der Waals surface area contributed by atoms with Gasteiger partial charge in [-0.25, -0.2) is 8.42 Å². The molecule has 2 N–H and O–H groups in total. The standard InChI is InChI=1S/C12H19N3O4S/c1-18-11-7-15(8-12(11)19-2)20(16,17)10-4-3-9(5-13)14-6-10/h3-4,6,11-12H,5,7-8,13H2,1-2H3. The Balaban J connectivity index is 2.22. The Bertz CT molecular complexity index is 534. The molecule has 0 spiro atoms. The lowest BCUT2D eigenvalue weighted by Crippen LogP contribution is -2.30. The van der Waals surface area contributed by atoms with Crippen molar-refractivity contribution < 1.29 is 17.9 Å². The van der Waals surface area contributed by atoms with Crippen LogP contribution in [0.15, 0.2) is 23.2 Å². The molecule has 1 aromatic rings. The average molecular weight is 301 g/mol. The maximum atomic E-state index is 12.5. The quantitative estimate of drug-likeness (QED) is 0.793. The van der Waals surface area contributed by atoms with Gasteiger partial charge in [-0.2, -0.15) is 4.31 Å². The first kappa shape index (κ1) is 15.3. The van der Waals surface area contributed by atoms with E-state index in [1.54, 1.807) is 20.3 Å². The first-order valence-corrected chi connectivity index (χ1v) is 7.67. The predicted octanol–water partition coefficient (Wildman–Crippen LogP) is -0.425. The van der Waals surface area contributed by atoms with Gasteiger partial charge in [0.2, 0.25) is 10.0 Å². The highest BCUT2D eigenvalue weighted by Crippen LogP contribution is 2.23. The van der Waals surface area contributed by atoms with Gasteiger partial charge in [-0.15, -0.1) is 0 Å². The second-order valence-electron chi connectivity index (χ2n) is 4.56. The molecular formula is C12H19N3O4S. The SMILES string of the molecule is COC1CN(S(=O)(=O)c2ccc(CN)nc2)CC1OC. The largest absolute Gasteiger partial charge is 0.377 e.